The second-order valence-electron chi connectivity index (χ2n) is 4.52. The molecule has 0 spiro atoms. The molecule has 0 aliphatic rings. The first-order chi connectivity index (χ1) is 9.10. The van der Waals surface area contributed by atoms with Gasteiger partial charge in [0.25, 0.3) is 0 Å². The van der Waals surface area contributed by atoms with Crippen molar-refractivity contribution in [3.63, 3.8) is 0 Å². The third-order valence-electron chi connectivity index (χ3n) is 3.15. The number of aromatic nitrogens is 1. The molecule has 0 aliphatic carbocycles. The van der Waals surface area contributed by atoms with Gasteiger partial charge in [-0.3, -0.25) is 4.98 Å². The monoisotopic (exact) mass is 322 g/mol. The number of benzene rings is 1. The summed E-state index contributed by atoms with van der Waals surface area (Å²) >= 11 is 3.36. The van der Waals surface area contributed by atoms with Gasteiger partial charge in [-0.05, 0) is 59.2 Å². The van der Waals surface area contributed by atoms with Crippen LogP contribution in [0.2, 0.25) is 0 Å². The van der Waals surface area contributed by atoms with Gasteiger partial charge in [0.15, 0.2) is 0 Å². The number of likely N-dealkylation sites (N-methyl/N-ethyl adjacent to an activating group) is 1. The quantitative estimate of drug-likeness (QED) is 0.926. The molecule has 1 unspecified atom stereocenters. The molecular weight excluding hydrogens is 307 g/mol. The van der Waals surface area contributed by atoms with Crippen LogP contribution in [0, 0.1) is 12.7 Å². The fourth-order valence-electron chi connectivity index (χ4n) is 1.95. The summed E-state index contributed by atoms with van der Waals surface area (Å²) in [5.74, 6) is -0.165. The van der Waals surface area contributed by atoms with Gasteiger partial charge in [0, 0.05) is 28.8 Å². The Balaban J connectivity index is 2.19. The molecule has 2 nitrogen and oxygen atoms in total. The Morgan fingerprint density at radius 3 is 2.68 bits per heavy atom. The van der Waals surface area contributed by atoms with Gasteiger partial charge >= 0.3 is 0 Å². The molecule has 0 amide bonds. The van der Waals surface area contributed by atoms with Crippen LogP contribution in [-0.2, 0) is 6.42 Å². The van der Waals surface area contributed by atoms with Crippen molar-refractivity contribution in [3.8, 4) is 0 Å². The van der Waals surface area contributed by atoms with Crippen molar-refractivity contribution < 1.29 is 4.39 Å². The smallest absolute Gasteiger partial charge is 0.126 e. The molecular formula is C15H16BrFN2. The highest BCUT2D eigenvalue weighted by Gasteiger charge is 2.12. The van der Waals surface area contributed by atoms with E-state index in [0.29, 0.717) is 5.56 Å². The van der Waals surface area contributed by atoms with E-state index >= 15 is 0 Å². The van der Waals surface area contributed by atoms with Crippen molar-refractivity contribution in [2.24, 2.45) is 0 Å². The predicted molar refractivity (Wildman–Crippen MR) is 78.6 cm³/mol. The van der Waals surface area contributed by atoms with Crippen molar-refractivity contribution >= 4 is 15.9 Å². The Morgan fingerprint density at radius 1 is 1.32 bits per heavy atom. The van der Waals surface area contributed by atoms with Gasteiger partial charge in [0.1, 0.15) is 5.82 Å². The van der Waals surface area contributed by atoms with Crippen molar-refractivity contribution in [1.82, 2.24) is 10.3 Å². The molecule has 1 aromatic carbocycles. The average Bonchev–Trinajstić information content (AvgIpc) is 2.41. The average molecular weight is 323 g/mol. The Kier molecular flexibility index (Phi) is 4.66. The number of nitrogens with one attached hydrogen (secondary N) is 1. The summed E-state index contributed by atoms with van der Waals surface area (Å²) in [6.07, 6.45) is 2.50. The van der Waals surface area contributed by atoms with E-state index < -0.39 is 0 Å². The van der Waals surface area contributed by atoms with E-state index in [-0.39, 0.29) is 11.9 Å². The summed E-state index contributed by atoms with van der Waals surface area (Å²) in [5, 5.41) is 3.21. The van der Waals surface area contributed by atoms with Gasteiger partial charge < -0.3 is 5.32 Å². The zero-order chi connectivity index (χ0) is 13.8. The fraction of sp³-hybridized carbons (Fsp3) is 0.267. The summed E-state index contributed by atoms with van der Waals surface area (Å²) in [6, 6.07) is 9.35. The van der Waals surface area contributed by atoms with Crippen LogP contribution in [0.5, 0.6) is 0 Å². The van der Waals surface area contributed by atoms with Gasteiger partial charge in [0.2, 0.25) is 0 Å². The summed E-state index contributed by atoms with van der Waals surface area (Å²) in [7, 11) is 1.88. The van der Waals surface area contributed by atoms with Gasteiger partial charge in [-0.2, -0.15) is 0 Å². The Bertz CT molecular complexity index is 555. The molecule has 0 saturated carbocycles. The van der Waals surface area contributed by atoms with E-state index in [0.717, 1.165) is 22.2 Å². The third-order valence-corrected chi connectivity index (χ3v) is 3.62. The van der Waals surface area contributed by atoms with E-state index in [4.69, 9.17) is 0 Å². The minimum Gasteiger partial charge on any atom is -0.313 e. The second kappa shape index (κ2) is 6.26. The highest BCUT2D eigenvalue weighted by Crippen LogP contribution is 2.20. The van der Waals surface area contributed by atoms with Crippen LogP contribution in [0.3, 0.4) is 0 Å². The lowest BCUT2D eigenvalue weighted by Crippen LogP contribution is -2.19. The molecule has 2 rings (SSSR count). The summed E-state index contributed by atoms with van der Waals surface area (Å²) in [4.78, 5) is 4.35. The van der Waals surface area contributed by atoms with Crippen LogP contribution >= 0.6 is 15.9 Å². The zero-order valence-electron chi connectivity index (χ0n) is 11.0. The maximum atomic E-state index is 13.6. The largest absolute Gasteiger partial charge is 0.313 e. The number of rotatable bonds is 4. The molecule has 0 aliphatic heterocycles. The second-order valence-corrected chi connectivity index (χ2v) is 5.44. The van der Waals surface area contributed by atoms with Crippen LogP contribution in [0.15, 0.2) is 41.0 Å². The lowest BCUT2D eigenvalue weighted by Gasteiger charge is -2.17. The summed E-state index contributed by atoms with van der Waals surface area (Å²) < 4.78 is 14.6. The fourth-order valence-corrected chi connectivity index (χ4v) is 2.18. The van der Waals surface area contributed by atoms with Gasteiger partial charge in [-0.1, -0.05) is 12.1 Å². The van der Waals surface area contributed by atoms with E-state index in [1.165, 1.54) is 0 Å². The SMILES string of the molecule is CNC(Cc1ccc(Br)cn1)c1ccc(C)c(F)c1. The van der Waals surface area contributed by atoms with Gasteiger partial charge in [-0.15, -0.1) is 0 Å². The van der Waals surface area contributed by atoms with Crippen LogP contribution in [0.25, 0.3) is 0 Å². The zero-order valence-corrected chi connectivity index (χ0v) is 12.5. The van der Waals surface area contributed by atoms with Crippen molar-refractivity contribution in [3.05, 3.63) is 63.6 Å². The van der Waals surface area contributed by atoms with Crippen molar-refractivity contribution in [1.29, 1.82) is 0 Å². The number of hydrogen-bond donors (Lipinski definition) is 1. The molecule has 19 heavy (non-hydrogen) atoms. The lowest BCUT2D eigenvalue weighted by molar-refractivity contribution is 0.569. The first kappa shape index (κ1) is 14.2. The molecule has 0 saturated heterocycles. The van der Waals surface area contributed by atoms with Crippen LogP contribution in [0.1, 0.15) is 22.9 Å². The number of pyridine rings is 1. The van der Waals surface area contributed by atoms with E-state index in [2.05, 4.69) is 26.2 Å². The lowest BCUT2D eigenvalue weighted by atomic mass is 10.0. The first-order valence-electron chi connectivity index (χ1n) is 6.14. The van der Waals surface area contributed by atoms with Crippen LogP contribution in [-0.4, -0.2) is 12.0 Å². The normalized spacial score (nSPS) is 12.4. The van der Waals surface area contributed by atoms with E-state index in [1.807, 2.05) is 31.3 Å². The Labute approximate surface area is 121 Å². The molecule has 0 radical (unpaired) electrons. The highest BCUT2D eigenvalue weighted by atomic mass is 79.9. The van der Waals surface area contributed by atoms with Crippen molar-refractivity contribution in [2.45, 2.75) is 19.4 Å². The van der Waals surface area contributed by atoms with E-state index in [9.17, 15) is 4.39 Å². The van der Waals surface area contributed by atoms with E-state index in [1.54, 1.807) is 19.2 Å². The molecule has 2 aromatic rings. The van der Waals surface area contributed by atoms with Crippen LogP contribution < -0.4 is 5.32 Å². The first-order valence-corrected chi connectivity index (χ1v) is 6.93. The molecule has 1 N–H and O–H groups in total. The topological polar surface area (TPSA) is 24.9 Å². The van der Waals surface area contributed by atoms with Crippen LogP contribution in [0.4, 0.5) is 4.39 Å². The number of nitrogens with zero attached hydrogens (tertiary/aromatic N) is 1. The summed E-state index contributed by atoms with van der Waals surface area (Å²) in [5.41, 5.74) is 2.58. The minimum absolute atomic E-state index is 0.0591. The molecule has 0 bridgehead atoms. The molecule has 0 fully saturated rings. The van der Waals surface area contributed by atoms with Gasteiger partial charge in [-0.25, -0.2) is 4.39 Å². The Morgan fingerprint density at radius 2 is 2.11 bits per heavy atom. The molecule has 100 valence electrons. The standard InChI is InChI=1S/C15H16BrFN2/c1-10-3-4-11(7-14(10)17)15(18-2)8-13-6-5-12(16)9-19-13/h3-7,9,15,18H,8H2,1-2H3. The molecule has 1 heterocycles. The van der Waals surface area contributed by atoms with Crippen molar-refractivity contribution in [2.75, 3.05) is 7.05 Å². The Hall–Kier alpha value is -1.26. The summed E-state index contributed by atoms with van der Waals surface area (Å²) in [6.45, 7) is 1.77. The highest BCUT2D eigenvalue weighted by molar-refractivity contribution is 9.10. The maximum Gasteiger partial charge on any atom is 0.126 e. The maximum absolute atomic E-state index is 13.6. The van der Waals surface area contributed by atoms with Gasteiger partial charge in [0.05, 0.1) is 0 Å². The number of halogens is 2. The molecule has 1 aromatic heterocycles. The molecule has 4 heteroatoms. The molecule has 1 atom stereocenters. The number of aryl methyl sites for hydroxylation is 1. The minimum atomic E-state index is -0.165. The number of hydrogen-bond acceptors (Lipinski definition) is 2. The predicted octanol–water partition coefficient (Wildman–Crippen LogP) is 3.79. The third kappa shape index (κ3) is 3.61.